The van der Waals surface area contributed by atoms with Gasteiger partial charge in [-0.15, -0.1) is 0 Å². The summed E-state index contributed by atoms with van der Waals surface area (Å²) in [6.07, 6.45) is 2.94. The van der Waals surface area contributed by atoms with Crippen LogP contribution >= 0.6 is 0 Å². The van der Waals surface area contributed by atoms with Crippen LogP contribution in [0, 0.1) is 5.92 Å². The SMILES string of the molecule is O=C1Nc2ccccc2CCC1N1CCC(COCc2ccccc2)C1. The lowest BCUT2D eigenvalue weighted by molar-refractivity contribution is -0.121. The highest BCUT2D eigenvalue weighted by Crippen LogP contribution is 2.27. The number of benzene rings is 2. The summed E-state index contributed by atoms with van der Waals surface area (Å²) in [5.41, 5.74) is 3.43. The van der Waals surface area contributed by atoms with Gasteiger partial charge in [-0.2, -0.15) is 0 Å². The molecule has 4 nitrogen and oxygen atoms in total. The quantitative estimate of drug-likeness (QED) is 0.898. The van der Waals surface area contributed by atoms with Gasteiger partial charge in [0.2, 0.25) is 5.91 Å². The number of ether oxygens (including phenoxy) is 1. The summed E-state index contributed by atoms with van der Waals surface area (Å²) in [6, 6.07) is 18.4. The Kier molecular flexibility index (Phi) is 5.32. The molecule has 0 bridgehead atoms. The second kappa shape index (κ2) is 8.02. The van der Waals surface area contributed by atoms with Crippen molar-refractivity contribution in [2.75, 3.05) is 25.0 Å². The number of aryl methyl sites for hydroxylation is 1. The molecule has 1 saturated heterocycles. The van der Waals surface area contributed by atoms with Crippen molar-refractivity contribution in [3.05, 3.63) is 65.7 Å². The Morgan fingerprint density at radius 1 is 1.04 bits per heavy atom. The monoisotopic (exact) mass is 350 g/mol. The molecule has 0 aromatic heterocycles. The summed E-state index contributed by atoms with van der Waals surface area (Å²) < 4.78 is 5.91. The number of fused-ring (bicyclic) bond motifs is 1. The van der Waals surface area contributed by atoms with Crippen molar-refractivity contribution >= 4 is 11.6 Å². The molecule has 2 aromatic rings. The van der Waals surface area contributed by atoms with Crippen molar-refractivity contribution in [1.82, 2.24) is 4.90 Å². The molecule has 0 radical (unpaired) electrons. The van der Waals surface area contributed by atoms with Crippen LogP contribution in [0.25, 0.3) is 0 Å². The second-order valence-electron chi connectivity index (χ2n) is 7.35. The van der Waals surface area contributed by atoms with Gasteiger partial charge in [-0.25, -0.2) is 0 Å². The molecule has 1 amide bonds. The van der Waals surface area contributed by atoms with Crippen LogP contribution in [0.1, 0.15) is 24.0 Å². The van der Waals surface area contributed by atoms with E-state index in [1.54, 1.807) is 0 Å². The van der Waals surface area contributed by atoms with E-state index >= 15 is 0 Å². The standard InChI is InChI=1S/C22H26N2O2/c25-22-21(11-10-19-8-4-5-9-20(19)23-22)24-13-12-18(14-24)16-26-15-17-6-2-1-3-7-17/h1-9,18,21H,10-16H2,(H,23,25). The van der Waals surface area contributed by atoms with Crippen molar-refractivity contribution in [1.29, 1.82) is 0 Å². The lowest BCUT2D eigenvalue weighted by Crippen LogP contribution is -2.42. The molecule has 4 heteroatoms. The molecule has 0 spiro atoms. The van der Waals surface area contributed by atoms with Crippen LogP contribution < -0.4 is 5.32 Å². The summed E-state index contributed by atoms with van der Waals surface area (Å²) in [6.45, 7) is 3.35. The van der Waals surface area contributed by atoms with E-state index < -0.39 is 0 Å². The first-order valence-electron chi connectivity index (χ1n) is 9.54. The first-order valence-corrected chi connectivity index (χ1v) is 9.54. The number of carbonyl (C=O) groups excluding carboxylic acids is 1. The van der Waals surface area contributed by atoms with E-state index in [0.717, 1.165) is 44.6 Å². The number of carbonyl (C=O) groups is 1. The zero-order chi connectivity index (χ0) is 17.8. The Labute approximate surface area is 155 Å². The van der Waals surface area contributed by atoms with E-state index in [0.29, 0.717) is 12.5 Å². The summed E-state index contributed by atoms with van der Waals surface area (Å²) in [7, 11) is 0. The van der Waals surface area contributed by atoms with E-state index in [-0.39, 0.29) is 11.9 Å². The van der Waals surface area contributed by atoms with Gasteiger partial charge in [-0.05, 0) is 48.9 Å². The molecule has 136 valence electrons. The molecule has 2 aliphatic rings. The first kappa shape index (κ1) is 17.3. The van der Waals surface area contributed by atoms with Gasteiger partial charge in [-0.1, -0.05) is 48.5 Å². The summed E-state index contributed by atoms with van der Waals surface area (Å²) >= 11 is 0. The smallest absolute Gasteiger partial charge is 0.241 e. The van der Waals surface area contributed by atoms with Crippen LogP contribution in [0.4, 0.5) is 5.69 Å². The topological polar surface area (TPSA) is 41.6 Å². The van der Waals surface area contributed by atoms with Crippen LogP contribution in [0.15, 0.2) is 54.6 Å². The molecular formula is C22H26N2O2. The maximum Gasteiger partial charge on any atom is 0.241 e. The fourth-order valence-corrected chi connectivity index (χ4v) is 4.05. The highest BCUT2D eigenvalue weighted by atomic mass is 16.5. The van der Waals surface area contributed by atoms with E-state index in [1.807, 2.05) is 36.4 Å². The van der Waals surface area contributed by atoms with E-state index in [9.17, 15) is 4.79 Å². The molecule has 26 heavy (non-hydrogen) atoms. The van der Waals surface area contributed by atoms with Crippen molar-refractivity contribution in [3.63, 3.8) is 0 Å². The lowest BCUT2D eigenvalue weighted by Gasteiger charge is -2.25. The van der Waals surface area contributed by atoms with Crippen molar-refractivity contribution in [2.24, 2.45) is 5.92 Å². The fourth-order valence-electron chi connectivity index (χ4n) is 4.05. The molecule has 0 saturated carbocycles. The van der Waals surface area contributed by atoms with Gasteiger partial charge in [-0.3, -0.25) is 9.69 Å². The molecular weight excluding hydrogens is 324 g/mol. The molecule has 4 rings (SSSR count). The minimum absolute atomic E-state index is 0.0264. The number of nitrogens with zero attached hydrogens (tertiary/aromatic N) is 1. The third-order valence-corrected chi connectivity index (χ3v) is 5.49. The predicted octanol–water partition coefficient (Wildman–Crippen LogP) is 3.48. The highest BCUT2D eigenvalue weighted by molar-refractivity contribution is 5.96. The minimum Gasteiger partial charge on any atom is -0.376 e. The number of para-hydroxylation sites is 1. The Balaban J connectivity index is 1.29. The van der Waals surface area contributed by atoms with Gasteiger partial charge in [0.05, 0.1) is 19.3 Å². The number of rotatable bonds is 5. The Bertz CT molecular complexity index is 747. The van der Waals surface area contributed by atoms with Gasteiger partial charge in [0.1, 0.15) is 0 Å². The van der Waals surface area contributed by atoms with E-state index in [2.05, 4.69) is 28.4 Å². The average Bonchev–Trinajstić information content (AvgIpc) is 3.05. The first-order chi connectivity index (χ1) is 12.8. The minimum atomic E-state index is -0.0264. The summed E-state index contributed by atoms with van der Waals surface area (Å²) in [4.78, 5) is 15.0. The number of likely N-dealkylation sites (tertiary alicyclic amines) is 1. The van der Waals surface area contributed by atoms with Crippen LogP contribution in [0.5, 0.6) is 0 Å². The Morgan fingerprint density at radius 3 is 2.73 bits per heavy atom. The molecule has 2 heterocycles. The van der Waals surface area contributed by atoms with Crippen molar-refractivity contribution < 1.29 is 9.53 Å². The lowest BCUT2D eigenvalue weighted by atomic mass is 10.1. The third kappa shape index (κ3) is 3.97. The van der Waals surface area contributed by atoms with Gasteiger partial charge >= 0.3 is 0 Å². The van der Waals surface area contributed by atoms with Crippen LogP contribution in [0.2, 0.25) is 0 Å². The average molecular weight is 350 g/mol. The number of hydrogen-bond acceptors (Lipinski definition) is 3. The summed E-state index contributed by atoms with van der Waals surface area (Å²) in [5.74, 6) is 0.651. The normalized spacial score (nSPS) is 23.3. The van der Waals surface area contributed by atoms with Gasteiger partial charge < -0.3 is 10.1 Å². The predicted molar refractivity (Wildman–Crippen MR) is 103 cm³/mol. The maximum absolute atomic E-state index is 12.7. The van der Waals surface area contributed by atoms with Gasteiger partial charge in [0.25, 0.3) is 0 Å². The zero-order valence-electron chi connectivity index (χ0n) is 15.1. The summed E-state index contributed by atoms with van der Waals surface area (Å²) in [5, 5.41) is 3.12. The number of hydrogen-bond donors (Lipinski definition) is 1. The van der Waals surface area contributed by atoms with E-state index in [1.165, 1.54) is 11.1 Å². The Hall–Kier alpha value is -2.17. The number of nitrogens with one attached hydrogen (secondary N) is 1. The highest BCUT2D eigenvalue weighted by Gasteiger charge is 2.33. The van der Waals surface area contributed by atoms with Crippen molar-refractivity contribution in [3.8, 4) is 0 Å². The van der Waals surface area contributed by atoms with Crippen LogP contribution in [0.3, 0.4) is 0 Å². The molecule has 0 aliphatic carbocycles. The third-order valence-electron chi connectivity index (χ3n) is 5.49. The van der Waals surface area contributed by atoms with E-state index in [4.69, 9.17) is 4.74 Å². The van der Waals surface area contributed by atoms with Crippen LogP contribution in [-0.2, 0) is 22.6 Å². The molecule has 2 aromatic carbocycles. The van der Waals surface area contributed by atoms with Crippen LogP contribution in [-0.4, -0.2) is 36.5 Å². The zero-order valence-corrected chi connectivity index (χ0v) is 15.1. The molecule has 2 aliphatic heterocycles. The molecule has 2 atom stereocenters. The maximum atomic E-state index is 12.7. The molecule has 2 unspecified atom stereocenters. The Morgan fingerprint density at radius 2 is 1.85 bits per heavy atom. The molecule has 1 N–H and O–H groups in total. The van der Waals surface area contributed by atoms with Gasteiger partial charge in [0, 0.05) is 12.2 Å². The van der Waals surface area contributed by atoms with Crippen molar-refractivity contribution in [2.45, 2.75) is 31.9 Å². The van der Waals surface area contributed by atoms with Gasteiger partial charge in [0.15, 0.2) is 0 Å². The number of anilines is 1. The molecule has 1 fully saturated rings. The fraction of sp³-hybridized carbons (Fsp3) is 0.409. The number of amides is 1. The second-order valence-corrected chi connectivity index (χ2v) is 7.35. The largest absolute Gasteiger partial charge is 0.376 e.